The van der Waals surface area contributed by atoms with Crippen LogP contribution in [0.3, 0.4) is 0 Å². The molecule has 1 aromatic rings. The third kappa shape index (κ3) is 4.38. The number of amides is 1. The SMILES string of the molecule is COCCNC(=O)C(C)n1c(SCC(=O)O)n[nH]c1=O. The zero-order valence-electron chi connectivity index (χ0n) is 11.1. The molecule has 0 spiro atoms. The minimum absolute atomic E-state index is 0.159. The van der Waals surface area contributed by atoms with Crippen molar-refractivity contribution >= 4 is 23.6 Å². The van der Waals surface area contributed by atoms with Gasteiger partial charge in [0.25, 0.3) is 0 Å². The molecule has 10 heteroatoms. The van der Waals surface area contributed by atoms with E-state index in [2.05, 4.69) is 15.5 Å². The lowest BCUT2D eigenvalue weighted by Gasteiger charge is -2.13. The zero-order chi connectivity index (χ0) is 15.1. The smallest absolute Gasteiger partial charge is 0.344 e. The lowest BCUT2D eigenvalue weighted by Crippen LogP contribution is -2.36. The number of carboxylic acids is 1. The summed E-state index contributed by atoms with van der Waals surface area (Å²) in [5.41, 5.74) is -0.563. The Morgan fingerprint density at radius 1 is 1.60 bits per heavy atom. The number of nitrogens with one attached hydrogen (secondary N) is 2. The van der Waals surface area contributed by atoms with Gasteiger partial charge in [-0.25, -0.2) is 9.89 Å². The number of rotatable bonds is 8. The number of aromatic nitrogens is 3. The van der Waals surface area contributed by atoms with Gasteiger partial charge >= 0.3 is 11.7 Å². The average molecular weight is 304 g/mol. The van der Waals surface area contributed by atoms with Gasteiger partial charge in [-0.3, -0.25) is 14.2 Å². The van der Waals surface area contributed by atoms with Crippen LogP contribution in [-0.4, -0.2) is 57.8 Å². The number of aromatic amines is 1. The number of methoxy groups -OCH3 is 1. The maximum Gasteiger partial charge on any atom is 0.344 e. The molecule has 0 bridgehead atoms. The standard InChI is InChI=1S/C10H16N4O5S/c1-6(8(17)11-3-4-19-2)14-9(18)12-13-10(14)20-5-7(15)16/h6H,3-5H2,1-2H3,(H,11,17)(H,12,18)(H,15,16). The third-order valence-electron chi connectivity index (χ3n) is 2.37. The molecule has 3 N–H and O–H groups in total. The van der Waals surface area contributed by atoms with E-state index in [1.54, 1.807) is 0 Å². The van der Waals surface area contributed by atoms with Crippen molar-refractivity contribution in [2.24, 2.45) is 0 Å². The van der Waals surface area contributed by atoms with Gasteiger partial charge in [0, 0.05) is 13.7 Å². The van der Waals surface area contributed by atoms with Crippen LogP contribution in [0.4, 0.5) is 0 Å². The van der Waals surface area contributed by atoms with Crippen LogP contribution in [0.1, 0.15) is 13.0 Å². The van der Waals surface area contributed by atoms with Crippen molar-refractivity contribution in [2.45, 2.75) is 18.1 Å². The summed E-state index contributed by atoms with van der Waals surface area (Å²) in [5.74, 6) is -1.65. The Balaban J connectivity index is 2.78. The van der Waals surface area contributed by atoms with Crippen LogP contribution in [0.25, 0.3) is 0 Å². The van der Waals surface area contributed by atoms with Gasteiger partial charge in [-0.2, -0.15) is 0 Å². The van der Waals surface area contributed by atoms with Crippen molar-refractivity contribution in [1.82, 2.24) is 20.1 Å². The van der Waals surface area contributed by atoms with Crippen LogP contribution < -0.4 is 11.0 Å². The third-order valence-corrected chi connectivity index (χ3v) is 3.31. The topological polar surface area (TPSA) is 126 Å². The molecule has 0 aromatic carbocycles. The van der Waals surface area contributed by atoms with E-state index in [9.17, 15) is 14.4 Å². The molecule has 9 nitrogen and oxygen atoms in total. The molecule has 1 aromatic heterocycles. The van der Waals surface area contributed by atoms with E-state index in [0.717, 1.165) is 16.3 Å². The van der Waals surface area contributed by atoms with Gasteiger partial charge in [0.1, 0.15) is 6.04 Å². The summed E-state index contributed by atoms with van der Waals surface area (Å²) < 4.78 is 5.92. The van der Waals surface area contributed by atoms with Gasteiger partial charge in [0.05, 0.1) is 12.4 Å². The second-order valence-electron chi connectivity index (χ2n) is 3.82. The minimum Gasteiger partial charge on any atom is -0.481 e. The Morgan fingerprint density at radius 2 is 2.30 bits per heavy atom. The predicted molar refractivity (Wildman–Crippen MR) is 70.8 cm³/mol. The van der Waals surface area contributed by atoms with E-state index in [1.165, 1.54) is 14.0 Å². The summed E-state index contributed by atoms with van der Waals surface area (Å²) in [6.45, 7) is 2.22. The molecule has 0 aliphatic rings. The molecule has 112 valence electrons. The molecule has 20 heavy (non-hydrogen) atoms. The van der Waals surface area contributed by atoms with Gasteiger partial charge in [0.2, 0.25) is 5.91 Å². The van der Waals surface area contributed by atoms with Crippen molar-refractivity contribution in [2.75, 3.05) is 26.0 Å². The normalized spacial score (nSPS) is 12.1. The fourth-order valence-corrected chi connectivity index (χ4v) is 2.14. The minimum atomic E-state index is -1.03. The number of aliphatic carboxylic acids is 1. The number of ether oxygens (including phenoxy) is 1. The molecule has 0 fully saturated rings. The molecule has 1 amide bonds. The van der Waals surface area contributed by atoms with Crippen molar-refractivity contribution < 1.29 is 19.4 Å². The molecule has 1 unspecified atom stereocenters. The van der Waals surface area contributed by atoms with Crippen molar-refractivity contribution in [1.29, 1.82) is 0 Å². The Kier molecular flexibility index (Phi) is 6.25. The number of nitrogens with zero attached hydrogens (tertiary/aromatic N) is 2. The quantitative estimate of drug-likeness (QED) is 0.418. The van der Waals surface area contributed by atoms with E-state index >= 15 is 0 Å². The Labute approximate surface area is 118 Å². The number of carbonyl (C=O) groups is 2. The van der Waals surface area contributed by atoms with Gasteiger partial charge in [0.15, 0.2) is 5.16 Å². The van der Waals surface area contributed by atoms with Gasteiger partial charge < -0.3 is 15.2 Å². The average Bonchev–Trinajstić information content (AvgIpc) is 2.76. The molecule has 0 aliphatic heterocycles. The number of carbonyl (C=O) groups excluding carboxylic acids is 1. The largest absolute Gasteiger partial charge is 0.481 e. The first-order valence-corrected chi connectivity index (χ1v) is 6.74. The van der Waals surface area contributed by atoms with E-state index in [1.807, 2.05) is 0 Å². The molecule has 1 heterocycles. The lowest BCUT2D eigenvalue weighted by atomic mass is 10.3. The highest BCUT2D eigenvalue weighted by Gasteiger charge is 2.21. The highest BCUT2D eigenvalue weighted by molar-refractivity contribution is 7.99. The van der Waals surface area contributed by atoms with E-state index in [4.69, 9.17) is 9.84 Å². The van der Waals surface area contributed by atoms with Crippen LogP contribution in [-0.2, 0) is 14.3 Å². The molecule has 0 radical (unpaired) electrons. The second kappa shape index (κ2) is 7.70. The summed E-state index contributed by atoms with van der Waals surface area (Å²) in [4.78, 5) is 34.0. The molecule has 1 atom stereocenters. The number of hydrogen-bond donors (Lipinski definition) is 3. The summed E-state index contributed by atoms with van der Waals surface area (Å²) in [6, 6.07) is -0.797. The number of carboxylic acid groups (broad SMARTS) is 1. The Morgan fingerprint density at radius 3 is 2.90 bits per heavy atom. The fourth-order valence-electron chi connectivity index (χ4n) is 1.40. The maximum atomic E-state index is 11.9. The van der Waals surface area contributed by atoms with Gasteiger partial charge in [-0.15, -0.1) is 5.10 Å². The monoisotopic (exact) mass is 304 g/mol. The molecule has 0 saturated heterocycles. The summed E-state index contributed by atoms with van der Waals surface area (Å²) in [5, 5.41) is 17.3. The number of H-pyrrole nitrogens is 1. The lowest BCUT2D eigenvalue weighted by molar-refractivity contribution is -0.133. The fraction of sp³-hybridized carbons (Fsp3) is 0.600. The molecular weight excluding hydrogens is 288 g/mol. The van der Waals surface area contributed by atoms with Crippen LogP contribution in [0.5, 0.6) is 0 Å². The Hall–Kier alpha value is -1.81. The van der Waals surface area contributed by atoms with Gasteiger partial charge in [-0.05, 0) is 6.92 Å². The molecule has 0 aliphatic carbocycles. The molecular formula is C10H16N4O5S. The van der Waals surface area contributed by atoms with Crippen molar-refractivity contribution in [3.8, 4) is 0 Å². The van der Waals surface area contributed by atoms with Crippen molar-refractivity contribution in [3.05, 3.63) is 10.5 Å². The highest BCUT2D eigenvalue weighted by Crippen LogP contribution is 2.16. The number of hydrogen-bond acceptors (Lipinski definition) is 6. The van der Waals surface area contributed by atoms with Crippen LogP contribution in [0.15, 0.2) is 9.95 Å². The molecule has 1 rings (SSSR count). The summed E-state index contributed by atoms with van der Waals surface area (Å²) >= 11 is 0.866. The van der Waals surface area contributed by atoms with Crippen LogP contribution in [0, 0.1) is 0 Å². The summed E-state index contributed by atoms with van der Waals surface area (Å²) in [7, 11) is 1.51. The van der Waals surface area contributed by atoms with E-state index in [0.29, 0.717) is 13.2 Å². The zero-order valence-corrected chi connectivity index (χ0v) is 11.9. The highest BCUT2D eigenvalue weighted by atomic mass is 32.2. The summed E-state index contributed by atoms with van der Waals surface area (Å²) in [6.07, 6.45) is 0. The van der Waals surface area contributed by atoms with Crippen LogP contribution in [0.2, 0.25) is 0 Å². The molecule has 0 saturated carbocycles. The number of thioether (sulfide) groups is 1. The van der Waals surface area contributed by atoms with E-state index < -0.39 is 17.7 Å². The predicted octanol–water partition coefficient (Wildman–Crippen LogP) is -0.928. The second-order valence-corrected chi connectivity index (χ2v) is 4.77. The van der Waals surface area contributed by atoms with Crippen molar-refractivity contribution in [3.63, 3.8) is 0 Å². The van der Waals surface area contributed by atoms with Crippen LogP contribution >= 0.6 is 11.8 Å². The first-order valence-electron chi connectivity index (χ1n) is 5.75. The van der Waals surface area contributed by atoms with E-state index in [-0.39, 0.29) is 16.8 Å². The Bertz CT molecular complexity index is 526. The first-order chi connectivity index (χ1) is 9.47. The maximum absolute atomic E-state index is 11.9. The van der Waals surface area contributed by atoms with Gasteiger partial charge in [-0.1, -0.05) is 11.8 Å². The first kappa shape index (κ1) is 16.2.